The van der Waals surface area contributed by atoms with E-state index >= 15 is 0 Å². The molecule has 188 valence electrons. The molecule has 11 heteroatoms. The molecule has 1 amide bonds. The van der Waals surface area contributed by atoms with E-state index in [2.05, 4.69) is 10.3 Å². The van der Waals surface area contributed by atoms with Crippen LogP contribution < -0.4 is 10.8 Å². The number of hydrogen-bond acceptors (Lipinski definition) is 8. The van der Waals surface area contributed by atoms with Gasteiger partial charge in [0.15, 0.2) is 20.4 Å². The van der Waals surface area contributed by atoms with Crippen molar-refractivity contribution >= 4 is 45.2 Å². The Bertz CT molecular complexity index is 1100. The van der Waals surface area contributed by atoms with Gasteiger partial charge in [-0.2, -0.15) is 0 Å². The van der Waals surface area contributed by atoms with E-state index in [1.165, 1.54) is 25.7 Å². The average molecular weight is 529 g/mol. The zero-order valence-corrected chi connectivity index (χ0v) is 22.4. The number of aromatic nitrogens is 1. The van der Waals surface area contributed by atoms with Crippen LogP contribution in [0.5, 0.6) is 0 Å². The number of benzene rings is 1. The van der Waals surface area contributed by atoms with Crippen LogP contribution in [0.15, 0.2) is 34.5 Å². The van der Waals surface area contributed by atoms with Crippen molar-refractivity contribution < 1.29 is 26.8 Å². The molecule has 1 aliphatic rings. The third-order valence-electron chi connectivity index (χ3n) is 5.97. The van der Waals surface area contributed by atoms with Gasteiger partial charge < -0.3 is 14.4 Å². The van der Waals surface area contributed by atoms with Crippen molar-refractivity contribution in [3.05, 3.63) is 35.2 Å². The molecule has 0 bridgehead atoms. The molecule has 1 atom stereocenters. The molecule has 1 aliphatic carbocycles. The van der Waals surface area contributed by atoms with E-state index in [-0.39, 0.29) is 29.5 Å². The zero-order chi connectivity index (χ0) is 24.8. The SMILES string of the molecule is CCOP(=O)(OCC)c1csc(NC(=O)[C@H](CCC2CCCC2)c2ccc(S(C)(=O)=O)cc2)n1. The van der Waals surface area contributed by atoms with Crippen LogP contribution in [0.3, 0.4) is 0 Å². The molecule has 1 aromatic heterocycles. The van der Waals surface area contributed by atoms with Crippen molar-refractivity contribution in [1.29, 1.82) is 0 Å². The standard InChI is InChI=1S/C23H33N2O6PS2/c1-4-30-32(27,31-5-2)21-16-33-23(24-21)25-22(26)20(15-10-17-8-6-7-9-17)18-11-13-19(14-12-18)34(3,28)29/h11-14,16-17,20H,4-10,15H2,1-3H3,(H,24,25,26)/t20-/m1/s1. The topological polar surface area (TPSA) is 112 Å². The Labute approximate surface area is 205 Å². The van der Waals surface area contributed by atoms with E-state index in [4.69, 9.17) is 9.05 Å². The third-order valence-corrected chi connectivity index (χ3v) is 10.0. The smallest absolute Gasteiger partial charge is 0.304 e. The van der Waals surface area contributed by atoms with Gasteiger partial charge in [0.25, 0.3) is 0 Å². The predicted molar refractivity (Wildman–Crippen MR) is 135 cm³/mol. The highest BCUT2D eigenvalue weighted by Gasteiger charge is 2.31. The number of anilines is 1. The number of carbonyl (C=O) groups excluding carboxylic acids is 1. The van der Waals surface area contributed by atoms with Gasteiger partial charge in [0, 0.05) is 11.6 Å². The third kappa shape index (κ3) is 6.98. The molecule has 0 radical (unpaired) electrons. The lowest BCUT2D eigenvalue weighted by molar-refractivity contribution is -0.117. The van der Waals surface area contributed by atoms with Crippen LogP contribution >= 0.6 is 18.9 Å². The van der Waals surface area contributed by atoms with Crippen molar-refractivity contribution in [2.75, 3.05) is 24.8 Å². The molecular weight excluding hydrogens is 495 g/mol. The number of carbonyl (C=O) groups is 1. The largest absolute Gasteiger partial charge is 0.380 e. The second-order valence-electron chi connectivity index (χ2n) is 8.45. The van der Waals surface area contributed by atoms with Gasteiger partial charge >= 0.3 is 7.60 Å². The molecule has 8 nitrogen and oxygen atoms in total. The van der Waals surface area contributed by atoms with Gasteiger partial charge in [-0.1, -0.05) is 37.8 Å². The number of amides is 1. The second kappa shape index (κ2) is 11.9. The first-order chi connectivity index (χ1) is 16.2. The van der Waals surface area contributed by atoms with Crippen LogP contribution in [0.1, 0.15) is 63.9 Å². The van der Waals surface area contributed by atoms with Crippen LogP contribution in [-0.2, 0) is 28.2 Å². The maximum absolute atomic E-state index is 13.3. The van der Waals surface area contributed by atoms with Crippen LogP contribution in [0, 0.1) is 5.92 Å². The fourth-order valence-electron chi connectivity index (χ4n) is 4.25. The Morgan fingerprint density at radius 2 is 1.79 bits per heavy atom. The van der Waals surface area contributed by atoms with Crippen molar-refractivity contribution in [2.45, 2.75) is 63.2 Å². The maximum atomic E-state index is 13.3. The van der Waals surface area contributed by atoms with Crippen molar-refractivity contribution in [1.82, 2.24) is 4.98 Å². The summed E-state index contributed by atoms with van der Waals surface area (Å²) >= 11 is 1.16. The van der Waals surface area contributed by atoms with Gasteiger partial charge in [-0.05, 0) is 50.3 Å². The van der Waals surface area contributed by atoms with Crippen LogP contribution in [0.4, 0.5) is 5.13 Å². The van der Waals surface area contributed by atoms with Gasteiger partial charge in [0.2, 0.25) is 5.91 Å². The van der Waals surface area contributed by atoms with E-state index in [0.717, 1.165) is 29.6 Å². The molecule has 0 unspecified atom stereocenters. The Kier molecular flexibility index (Phi) is 9.46. The van der Waals surface area contributed by atoms with Gasteiger partial charge in [-0.25, -0.2) is 13.4 Å². The normalized spacial score (nSPS) is 16.0. The summed E-state index contributed by atoms with van der Waals surface area (Å²) in [7, 11) is -6.85. The summed E-state index contributed by atoms with van der Waals surface area (Å²) in [4.78, 5) is 17.9. The molecule has 1 aromatic carbocycles. The minimum Gasteiger partial charge on any atom is -0.304 e. The molecule has 1 saturated carbocycles. The van der Waals surface area contributed by atoms with Gasteiger partial charge in [-0.15, -0.1) is 11.3 Å². The van der Waals surface area contributed by atoms with E-state index < -0.39 is 23.4 Å². The van der Waals surface area contributed by atoms with Crippen LogP contribution in [0.2, 0.25) is 0 Å². The van der Waals surface area contributed by atoms with Crippen LogP contribution in [0.25, 0.3) is 0 Å². The molecule has 3 rings (SSSR count). The monoisotopic (exact) mass is 528 g/mol. The summed E-state index contributed by atoms with van der Waals surface area (Å²) < 4.78 is 47.3. The van der Waals surface area contributed by atoms with E-state index in [1.54, 1.807) is 43.5 Å². The lowest BCUT2D eigenvalue weighted by atomic mass is 9.89. The first kappa shape index (κ1) is 27.0. The second-order valence-corrected chi connectivity index (χ2v) is 13.3. The summed E-state index contributed by atoms with van der Waals surface area (Å²) in [6.45, 7) is 3.88. The molecule has 1 N–H and O–H groups in total. The molecule has 1 fully saturated rings. The lowest BCUT2D eigenvalue weighted by Crippen LogP contribution is -2.22. The molecule has 0 spiro atoms. The fourth-order valence-corrected chi connectivity index (χ4v) is 7.44. The highest BCUT2D eigenvalue weighted by Crippen LogP contribution is 2.47. The first-order valence-corrected chi connectivity index (χ1v) is 15.9. The quantitative estimate of drug-likeness (QED) is 0.380. The summed E-state index contributed by atoms with van der Waals surface area (Å²) in [5.74, 6) is -0.0684. The molecule has 0 saturated heterocycles. The Hall–Kier alpha value is -1.58. The molecule has 0 aliphatic heterocycles. The Balaban J connectivity index is 1.79. The summed E-state index contributed by atoms with van der Waals surface area (Å²) in [6, 6.07) is 6.51. The maximum Gasteiger partial charge on any atom is 0.380 e. The number of hydrogen-bond donors (Lipinski definition) is 1. The average Bonchev–Trinajstić information content (AvgIpc) is 3.46. The molecule has 1 heterocycles. The highest BCUT2D eigenvalue weighted by atomic mass is 32.2. The number of sulfone groups is 1. The zero-order valence-electron chi connectivity index (χ0n) is 19.9. The minimum absolute atomic E-state index is 0.177. The summed E-state index contributed by atoms with van der Waals surface area (Å²) in [5, 5.41) is 4.75. The molecule has 34 heavy (non-hydrogen) atoms. The lowest BCUT2D eigenvalue weighted by Gasteiger charge is -2.19. The molecule has 2 aromatic rings. The number of thiazole rings is 1. The van der Waals surface area contributed by atoms with Crippen molar-refractivity contribution in [3.8, 4) is 0 Å². The van der Waals surface area contributed by atoms with Crippen molar-refractivity contribution in [2.24, 2.45) is 5.92 Å². The molecular formula is C23H33N2O6PS2. The first-order valence-electron chi connectivity index (χ1n) is 11.6. The highest BCUT2D eigenvalue weighted by molar-refractivity contribution is 7.90. The van der Waals surface area contributed by atoms with E-state index in [0.29, 0.717) is 17.5 Å². The van der Waals surface area contributed by atoms with Crippen molar-refractivity contribution in [3.63, 3.8) is 0 Å². The van der Waals surface area contributed by atoms with Crippen LogP contribution in [-0.4, -0.2) is 38.8 Å². The van der Waals surface area contributed by atoms with E-state index in [9.17, 15) is 17.8 Å². The summed E-state index contributed by atoms with van der Waals surface area (Å²) in [5.41, 5.74) is 0.936. The fraction of sp³-hybridized carbons (Fsp3) is 0.565. The summed E-state index contributed by atoms with van der Waals surface area (Å²) in [6.07, 6.45) is 7.57. The van der Waals surface area contributed by atoms with Gasteiger partial charge in [0.05, 0.1) is 24.0 Å². The Morgan fingerprint density at radius 1 is 1.18 bits per heavy atom. The van der Waals surface area contributed by atoms with Gasteiger partial charge in [0.1, 0.15) is 0 Å². The van der Waals surface area contributed by atoms with Gasteiger partial charge in [-0.3, -0.25) is 9.36 Å². The minimum atomic E-state index is -3.53. The number of nitrogens with zero attached hydrogens (tertiary/aromatic N) is 1. The van der Waals surface area contributed by atoms with E-state index in [1.807, 2.05) is 0 Å². The number of nitrogens with one attached hydrogen (secondary N) is 1. The predicted octanol–water partition coefficient (Wildman–Crippen LogP) is 5.13. The number of rotatable bonds is 12. The Morgan fingerprint density at radius 3 is 2.35 bits per heavy atom.